The molecule has 8 heteroatoms. The number of hydrogen-bond donors (Lipinski definition) is 1. The number of hydrogen-bond acceptors (Lipinski definition) is 7. The van der Waals surface area contributed by atoms with E-state index in [-0.39, 0.29) is 5.56 Å². The Morgan fingerprint density at radius 3 is 3.00 bits per heavy atom. The summed E-state index contributed by atoms with van der Waals surface area (Å²) in [6.07, 6.45) is 1.78. The van der Waals surface area contributed by atoms with Gasteiger partial charge in [0.2, 0.25) is 5.13 Å². The van der Waals surface area contributed by atoms with Gasteiger partial charge in [-0.3, -0.25) is 9.20 Å². The number of rotatable bonds is 3. The number of thioether (sulfide) groups is 1. The summed E-state index contributed by atoms with van der Waals surface area (Å²) in [5.41, 5.74) is 7.83. The first-order chi connectivity index (χ1) is 9.61. The molecule has 0 unspecified atom stereocenters. The van der Waals surface area contributed by atoms with Gasteiger partial charge in [0.15, 0.2) is 4.34 Å². The Bertz CT molecular complexity index is 826. The van der Waals surface area contributed by atoms with Crippen LogP contribution in [-0.4, -0.2) is 19.6 Å². The van der Waals surface area contributed by atoms with Gasteiger partial charge in [-0.05, 0) is 18.6 Å². The van der Waals surface area contributed by atoms with Crippen LogP contribution in [0.4, 0.5) is 5.13 Å². The first-order valence-electron chi connectivity index (χ1n) is 5.82. The highest BCUT2D eigenvalue weighted by Crippen LogP contribution is 2.26. The van der Waals surface area contributed by atoms with E-state index in [4.69, 9.17) is 5.73 Å². The minimum Gasteiger partial charge on any atom is -0.374 e. The zero-order valence-corrected chi connectivity index (χ0v) is 12.2. The van der Waals surface area contributed by atoms with Crippen LogP contribution in [0.1, 0.15) is 11.3 Å². The lowest BCUT2D eigenvalue weighted by atomic mass is 10.3. The molecule has 3 heterocycles. The lowest BCUT2D eigenvalue weighted by molar-refractivity contribution is 0.995. The molecule has 0 radical (unpaired) electrons. The molecule has 3 aromatic heterocycles. The van der Waals surface area contributed by atoms with Crippen LogP contribution in [-0.2, 0) is 5.75 Å². The van der Waals surface area contributed by atoms with E-state index in [1.54, 1.807) is 16.7 Å². The van der Waals surface area contributed by atoms with Crippen molar-refractivity contribution < 1.29 is 0 Å². The molecule has 0 saturated carbocycles. The van der Waals surface area contributed by atoms with Crippen molar-refractivity contribution in [1.82, 2.24) is 19.6 Å². The van der Waals surface area contributed by atoms with Gasteiger partial charge in [0.25, 0.3) is 5.56 Å². The third-order valence-electron chi connectivity index (χ3n) is 2.63. The third-order valence-corrected chi connectivity index (χ3v) is 4.55. The van der Waals surface area contributed by atoms with Gasteiger partial charge >= 0.3 is 0 Å². The van der Waals surface area contributed by atoms with E-state index in [9.17, 15) is 4.79 Å². The number of fused-ring (bicyclic) bond motifs is 1. The van der Waals surface area contributed by atoms with Gasteiger partial charge in [0, 0.05) is 18.0 Å². The van der Waals surface area contributed by atoms with Gasteiger partial charge in [0.05, 0.1) is 5.69 Å². The van der Waals surface area contributed by atoms with Gasteiger partial charge in [0.1, 0.15) is 5.65 Å². The van der Waals surface area contributed by atoms with Crippen molar-refractivity contribution in [1.29, 1.82) is 0 Å². The molecule has 0 spiro atoms. The summed E-state index contributed by atoms with van der Waals surface area (Å²) in [6.45, 7) is 1.94. The van der Waals surface area contributed by atoms with E-state index in [1.165, 1.54) is 23.1 Å². The van der Waals surface area contributed by atoms with Crippen LogP contribution >= 0.6 is 23.1 Å². The number of aryl methyl sites for hydroxylation is 1. The molecular weight excluding hydrogens is 294 g/mol. The van der Waals surface area contributed by atoms with Gasteiger partial charge in [-0.2, -0.15) is 0 Å². The largest absolute Gasteiger partial charge is 0.374 e. The van der Waals surface area contributed by atoms with Crippen molar-refractivity contribution in [2.24, 2.45) is 0 Å². The Morgan fingerprint density at radius 1 is 1.40 bits per heavy atom. The molecule has 0 amide bonds. The average molecular weight is 305 g/mol. The second-order valence-electron chi connectivity index (χ2n) is 4.22. The summed E-state index contributed by atoms with van der Waals surface area (Å²) in [7, 11) is 0. The van der Waals surface area contributed by atoms with Crippen LogP contribution in [0.3, 0.4) is 0 Å². The van der Waals surface area contributed by atoms with E-state index in [1.807, 2.05) is 19.1 Å². The molecule has 0 aromatic carbocycles. The highest BCUT2D eigenvalue weighted by atomic mass is 32.2. The number of aromatic nitrogens is 4. The number of pyridine rings is 1. The molecule has 3 rings (SSSR count). The molecule has 0 aliphatic rings. The Hall–Kier alpha value is -1.93. The molecule has 0 saturated heterocycles. The van der Waals surface area contributed by atoms with Crippen LogP contribution in [0.15, 0.2) is 33.5 Å². The smallest absolute Gasteiger partial charge is 0.258 e. The summed E-state index contributed by atoms with van der Waals surface area (Å²) in [5, 5.41) is 8.11. The molecule has 2 N–H and O–H groups in total. The predicted molar refractivity (Wildman–Crippen MR) is 80.1 cm³/mol. The molecule has 6 nitrogen and oxygen atoms in total. The highest BCUT2D eigenvalue weighted by Gasteiger charge is 2.06. The van der Waals surface area contributed by atoms with Crippen LogP contribution in [0.2, 0.25) is 0 Å². The second kappa shape index (κ2) is 5.22. The van der Waals surface area contributed by atoms with Crippen molar-refractivity contribution in [3.05, 3.63) is 46.0 Å². The molecule has 0 fully saturated rings. The van der Waals surface area contributed by atoms with Crippen molar-refractivity contribution in [3.8, 4) is 0 Å². The second-order valence-corrected chi connectivity index (χ2v) is 6.45. The summed E-state index contributed by atoms with van der Waals surface area (Å²) >= 11 is 2.79. The number of anilines is 1. The molecule has 20 heavy (non-hydrogen) atoms. The molecule has 0 aliphatic heterocycles. The summed E-state index contributed by atoms with van der Waals surface area (Å²) in [4.78, 5) is 16.5. The molecule has 3 aromatic rings. The Balaban J connectivity index is 1.89. The fourth-order valence-electron chi connectivity index (χ4n) is 1.75. The van der Waals surface area contributed by atoms with Crippen LogP contribution < -0.4 is 11.3 Å². The van der Waals surface area contributed by atoms with E-state index in [0.717, 1.165) is 15.6 Å². The van der Waals surface area contributed by atoms with Crippen molar-refractivity contribution in [2.45, 2.75) is 17.0 Å². The first kappa shape index (κ1) is 13.1. The molecule has 0 atom stereocenters. The summed E-state index contributed by atoms with van der Waals surface area (Å²) in [5.74, 6) is 0.564. The third kappa shape index (κ3) is 2.66. The molecular formula is C12H11N5OS2. The number of nitrogens with two attached hydrogens (primary N) is 1. The Kier molecular flexibility index (Phi) is 3.41. The quantitative estimate of drug-likeness (QED) is 0.742. The predicted octanol–water partition coefficient (Wildman–Crippen LogP) is 1.73. The standard InChI is InChI=1S/C12H11N5OS2/c1-7-2-3-9-14-8(4-10(18)17(9)5-7)6-19-12-16-15-11(13)20-12/h2-5H,6H2,1H3,(H2,13,15). The topological polar surface area (TPSA) is 86.2 Å². The average Bonchev–Trinajstić information content (AvgIpc) is 2.83. The van der Waals surface area contributed by atoms with E-state index in [2.05, 4.69) is 15.2 Å². The van der Waals surface area contributed by atoms with Gasteiger partial charge < -0.3 is 5.73 Å². The number of nitrogens with zero attached hydrogens (tertiary/aromatic N) is 4. The molecule has 102 valence electrons. The Labute approximate surface area is 122 Å². The maximum Gasteiger partial charge on any atom is 0.258 e. The van der Waals surface area contributed by atoms with Crippen molar-refractivity contribution >= 4 is 33.9 Å². The SMILES string of the molecule is Cc1ccc2nc(CSc3nnc(N)s3)cc(=O)n2c1. The fraction of sp³-hybridized carbons (Fsp3) is 0.167. The fourth-order valence-corrected chi connectivity index (χ4v) is 3.28. The van der Waals surface area contributed by atoms with Gasteiger partial charge in [-0.25, -0.2) is 4.98 Å². The Morgan fingerprint density at radius 2 is 2.25 bits per heavy atom. The van der Waals surface area contributed by atoms with E-state index >= 15 is 0 Å². The minimum atomic E-state index is -0.0777. The van der Waals surface area contributed by atoms with Crippen LogP contribution in [0, 0.1) is 6.92 Å². The maximum absolute atomic E-state index is 12.0. The van der Waals surface area contributed by atoms with Crippen LogP contribution in [0.25, 0.3) is 5.65 Å². The zero-order valence-electron chi connectivity index (χ0n) is 10.6. The monoisotopic (exact) mass is 305 g/mol. The van der Waals surface area contributed by atoms with Crippen molar-refractivity contribution in [2.75, 3.05) is 5.73 Å². The maximum atomic E-state index is 12.0. The van der Waals surface area contributed by atoms with Crippen LogP contribution in [0.5, 0.6) is 0 Å². The normalized spacial score (nSPS) is 11.1. The van der Waals surface area contributed by atoms with E-state index in [0.29, 0.717) is 16.5 Å². The van der Waals surface area contributed by atoms with Gasteiger partial charge in [-0.15, -0.1) is 10.2 Å². The minimum absolute atomic E-state index is 0.0777. The summed E-state index contributed by atoms with van der Waals surface area (Å²) < 4.78 is 2.32. The molecule has 0 bridgehead atoms. The lowest BCUT2D eigenvalue weighted by Crippen LogP contribution is -2.15. The highest BCUT2D eigenvalue weighted by molar-refractivity contribution is 8.00. The summed E-state index contributed by atoms with van der Waals surface area (Å²) in [6, 6.07) is 5.32. The molecule has 0 aliphatic carbocycles. The van der Waals surface area contributed by atoms with Gasteiger partial charge in [-0.1, -0.05) is 29.2 Å². The lowest BCUT2D eigenvalue weighted by Gasteiger charge is -2.03. The first-order valence-corrected chi connectivity index (χ1v) is 7.63. The number of nitrogen functional groups attached to an aromatic ring is 1. The zero-order chi connectivity index (χ0) is 14.1. The van der Waals surface area contributed by atoms with E-state index < -0.39 is 0 Å². The van der Waals surface area contributed by atoms with Crippen molar-refractivity contribution in [3.63, 3.8) is 0 Å².